The first-order valence-electron chi connectivity index (χ1n) is 13.1. The molecule has 1 aromatic heterocycles. The van der Waals surface area contributed by atoms with Crippen LogP contribution in [0.2, 0.25) is 10.0 Å². The van der Waals surface area contributed by atoms with Crippen LogP contribution in [0.3, 0.4) is 0 Å². The fourth-order valence-corrected chi connectivity index (χ4v) is 5.79. The number of halogens is 2. The number of thiazole rings is 1. The molecule has 1 unspecified atom stereocenters. The number of carbonyl (C=O) groups excluding carboxylic acids is 1. The second kappa shape index (κ2) is 13.1. The van der Waals surface area contributed by atoms with Crippen molar-refractivity contribution in [3.63, 3.8) is 0 Å². The summed E-state index contributed by atoms with van der Waals surface area (Å²) in [5.41, 5.74) is 1.88. The Kier molecular flexibility index (Phi) is 9.77. The van der Waals surface area contributed by atoms with E-state index in [4.69, 9.17) is 37.4 Å². The fraction of sp³-hybridized carbons (Fsp3) is 0.367. The third-order valence-electron chi connectivity index (χ3n) is 6.33. The summed E-state index contributed by atoms with van der Waals surface area (Å²) in [6.45, 7) is 8.02. The Hall–Kier alpha value is -3.07. The molecule has 7 nitrogen and oxygen atoms in total. The van der Waals surface area contributed by atoms with Crippen LogP contribution in [0.5, 0.6) is 11.5 Å². The van der Waals surface area contributed by atoms with Crippen molar-refractivity contribution in [3.05, 3.63) is 88.5 Å². The number of benzene rings is 2. The maximum Gasteiger partial charge on any atom is 0.338 e. The summed E-state index contributed by atoms with van der Waals surface area (Å²) in [6.07, 6.45) is 4.49. The third-order valence-corrected chi connectivity index (χ3v) is 8.06. The average Bonchev–Trinajstić information content (AvgIpc) is 3.21. The monoisotopic (exact) mass is 602 g/mol. The van der Waals surface area contributed by atoms with Gasteiger partial charge in [0.15, 0.2) is 16.3 Å². The maximum absolute atomic E-state index is 13.9. The maximum atomic E-state index is 13.9. The molecule has 40 heavy (non-hydrogen) atoms. The van der Waals surface area contributed by atoms with Crippen molar-refractivity contribution in [2.75, 3.05) is 13.7 Å². The molecule has 1 aliphatic rings. The van der Waals surface area contributed by atoms with Crippen LogP contribution in [0.1, 0.15) is 64.1 Å². The smallest absolute Gasteiger partial charge is 0.338 e. The summed E-state index contributed by atoms with van der Waals surface area (Å²) in [4.78, 5) is 32.4. The number of rotatable bonds is 10. The third kappa shape index (κ3) is 6.45. The van der Waals surface area contributed by atoms with Crippen LogP contribution in [0.4, 0.5) is 0 Å². The Balaban J connectivity index is 1.87. The van der Waals surface area contributed by atoms with Gasteiger partial charge in [0.05, 0.1) is 51.7 Å². The van der Waals surface area contributed by atoms with E-state index in [2.05, 4.69) is 11.9 Å². The van der Waals surface area contributed by atoms with Crippen LogP contribution < -0.4 is 24.4 Å². The van der Waals surface area contributed by atoms with Crippen LogP contribution in [-0.2, 0) is 9.53 Å². The molecule has 10 heteroatoms. The van der Waals surface area contributed by atoms with Gasteiger partial charge in [-0.15, -0.1) is 0 Å². The van der Waals surface area contributed by atoms with Gasteiger partial charge in [0.1, 0.15) is 0 Å². The summed E-state index contributed by atoms with van der Waals surface area (Å²) in [5, 5.41) is 0.815. The van der Waals surface area contributed by atoms with E-state index in [1.54, 1.807) is 58.2 Å². The summed E-state index contributed by atoms with van der Waals surface area (Å²) < 4.78 is 19.2. The molecule has 0 radical (unpaired) electrons. The lowest BCUT2D eigenvalue weighted by molar-refractivity contribution is -0.143. The number of hydrogen-bond donors (Lipinski definition) is 0. The van der Waals surface area contributed by atoms with Gasteiger partial charge in [-0.2, -0.15) is 0 Å². The quantitative estimate of drug-likeness (QED) is 0.208. The number of allylic oxidation sites excluding steroid dienone is 1. The number of nitrogens with zero attached hydrogens (tertiary/aromatic N) is 2. The van der Waals surface area contributed by atoms with Gasteiger partial charge in [0, 0.05) is 0 Å². The van der Waals surface area contributed by atoms with Gasteiger partial charge in [-0.25, -0.2) is 9.79 Å². The first kappa shape index (κ1) is 29.9. The van der Waals surface area contributed by atoms with E-state index < -0.39 is 12.0 Å². The lowest BCUT2D eigenvalue weighted by Gasteiger charge is -2.26. The highest BCUT2D eigenvalue weighted by Crippen LogP contribution is 2.36. The van der Waals surface area contributed by atoms with Crippen LogP contribution in [0, 0.1) is 0 Å². The molecule has 0 saturated carbocycles. The van der Waals surface area contributed by atoms with Gasteiger partial charge in [-0.3, -0.25) is 9.36 Å². The Labute approximate surface area is 247 Å². The van der Waals surface area contributed by atoms with Crippen molar-refractivity contribution >= 4 is 46.6 Å². The summed E-state index contributed by atoms with van der Waals surface area (Å²) in [7, 11) is 1.57. The molecule has 0 bridgehead atoms. The molecule has 2 aromatic carbocycles. The Morgan fingerprint density at radius 2 is 1.90 bits per heavy atom. The molecule has 1 atom stereocenters. The minimum Gasteiger partial charge on any atom is -0.493 e. The zero-order valence-corrected chi connectivity index (χ0v) is 25.5. The molecular formula is C30H32Cl2N2O5S. The van der Waals surface area contributed by atoms with Crippen LogP contribution in [0.15, 0.2) is 57.5 Å². The number of unbranched alkanes of at least 4 members (excludes halogenated alkanes) is 2. The SMILES string of the molecule is CCCCCOc1ccc(C2C(C(=O)OC(C)C)=C(C)N=c3s/c(=C\c4ccc(Cl)c(Cl)c4)c(=O)n32)cc1OC. The molecule has 0 amide bonds. The zero-order valence-electron chi connectivity index (χ0n) is 23.1. The highest BCUT2D eigenvalue weighted by atomic mass is 35.5. The van der Waals surface area contributed by atoms with Gasteiger partial charge < -0.3 is 14.2 Å². The Morgan fingerprint density at radius 1 is 1.12 bits per heavy atom. The van der Waals surface area contributed by atoms with Crippen molar-refractivity contribution in [1.29, 1.82) is 0 Å². The summed E-state index contributed by atoms with van der Waals surface area (Å²) in [6, 6.07) is 9.84. The number of esters is 1. The lowest BCUT2D eigenvalue weighted by Crippen LogP contribution is -2.40. The molecule has 0 N–H and O–H groups in total. The van der Waals surface area contributed by atoms with E-state index in [0.29, 0.717) is 54.3 Å². The first-order valence-corrected chi connectivity index (χ1v) is 14.7. The largest absolute Gasteiger partial charge is 0.493 e. The minimum atomic E-state index is -0.776. The predicted molar refractivity (Wildman–Crippen MR) is 159 cm³/mol. The van der Waals surface area contributed by atoms with Gasteiger partial charge in [0.25, 0.3) is 5.56 Å². The van der Waals surface area contributed by atoms with Gasteiger partial charge in [-0.1, -0.05) is 66.4 Å². The van der Waals surface area contributed by atoms with E-state index in [-0.39, 0.29) is 11.7 Å². The highest BCUT2D eigenvalue weighted by molar-refractivity contribution is 7.07. The predicted octanol–water partition coefficient (Wildman–Crippen LogP) is 6.07. The summed E-state index contributed by atoms with van der Waals surface area (Å²) in [5.74, 6) is 0.582. The number of carbonyl (C=O) groups is 1. The van der Waals surface area contributed by atoms with Crippen molar-refractivity contribution in [2.45, 2.75) is 59.1 Å². The molecule has 0 fully saturated rings. The van der Waals surface area contributed by atoms with Gasteiger partial charge in [0.2, 0.25) is 0 Å². The van der Waals surface area contributed by atoms with Crippen molar-refractivity contribution in [2.24, 2.45) is 4.99 Å². The van der Waals surface area contributed by atoms with Crippen molar-refractivity contribution < 1.29 is 19.0 Å². The normalized spacial score (nSPS) is 15.2. The molecule has 3 aromatic rings. The van der Waals surface area contributed by atoms with Crippen LogP contribution >= 0.6 is 34.5 Å². The molecule has 1 aliphatic heterocycles. The van der Waals surface area contributed by atoms with E-state index in [1.165, 1.54) is 15.9 Å². The Bertz CT molecular complexity index is 1620. The van der Waals surface area contributed by atoms with Crippen LogP contribution in [-0.4, -0.2) is 30.4 Å². The minimum absolute atomic E-state index is 0.291. The van der Waals surface area contributed by atoms with Crippen molar-refractivity contribution in [1.82, 2.24) is 4.57 Å². The molecule has 2 heterocycles. The second-order valence-corrected chi connectivity index (χ2v) is 11.5. The molecule has 4 rings (SSSR count). The fourth-order valence-electron chi connectivity index (χ4n) is 4.44. The standard InChI is InChI=1S/C30H32Cl2N2O5S/c1-6-7-8-13-38-23-12-10-20(16-24(23)37-5)27-26(29(36)39-17(2)3)18(4)33-30-34(27)28(35)25(40-30)15-19-9-11-21(31)22(32)14-19/h9-12,14-17,27H,6-8,13H2,1-5H3/b25-15-. The van der Waals surface area contributed by atoms with Gasteiger partial charge >= 0.3 is 5.97 Å². The van der Waals surface area contributed by atoms with E-state index in [0.717, 1.165) is 24.8 Å². The number of methoxy groups -OCH3 is 1. The van der Waals surface area contributed by atoms with Crippen LogP contribution in [0.25, 0.3) is 6.08 Å². The van der Waals surface area contributed by atoms with E-state index >= 15 is 0 Å². The van der Waals surface area contributed by atoms with E-state index in [9.17, 15) is 9.59 Å². The highest BCUT2D eigenvalue weighted by Gasteiger charge is 2.34. The van der Waals surface area contributed by atoms with Gasteiger partial charge in [-0.05, 0) is 68.7 Å². The van der Waals surface area contributed by atoms with Crippen molar-refractivity contribution in [3.8, 4) is 11.5 Å². The van der Waals surface area contributed by atoms with E-state index in [1.807, 2.05) is 12.1 Å². The topological polar surface area (TPSA) is 79.1 Å². The lowest BCUT2D eigenvalue weighted by atomic mass is 9.95. The second-order valence-electron chi connectivity index (χ2n) is 9.68. The number of ether oxygens (including phenoxy) is 3. The Morgan fingerprint density at radius 3 is 2.58 bits per heavy atom. The zero-order chi connectivity index (χ0) is 29.0. The number of aromatic nitrogens is 1. The molecule has 0 aliphatic carbocycles. The average molecular weight is 604 g/mol. The number of hydrogen-bond acceptors (Lipinski definition) is 7. The molecule has 212 valence electrons. The first-order chi connectivity index (χ1) is 19.1. The molecule has 0 saturated heterocycles. The number of fused-ring (bicyclic) bond motifs is 1. The summed E-state index contributed by atoms with van der Waals surface area (Å²) >= 11 is 13.5. The molecular weight excluding hydrogens is 571 g/mol. The molecule has 0 spiro atoms.